The summed E-state index contributed by atoms with van der Waals surface area (Å²) in [6, 6.07) is -0.904. The standard InChI is InChI=1S/C55H105N2O7P/c1-7-10-13-16-19-22-25-28-31-34-37-40-43-46-53(64-55(59)48-45-42-39-36-33-30-27-24-21-18-15-12-9-3)52(51-63-65(60,61)62-50-49-57(4,5)6)56-54(58)47-44-41-38-35-32-29-26-23-20-17-14-11-8-2/h30,33,39,42-43,46,52-53H,7-29,31-32,34-38,40-41,44-45,47-51H2,1-6H3,(H-,56,58,60,61)/b33-30-,42-39+,46-43+. The van der Waals surface area contributed by atoms with Crippen molar-refractivity contribution in [1.29, 1.82) is 0 Å². The van der Waals surface area contributed by atoms with E-state index in [1.54, 1.807) is 0 Å². The van der Waals surface area contributed by atoms with Crippen molar-refractivity contribution < 1.29 is 37.3 Å². The van der Waals surface area contributed by atoms with Gasteiger partial charge in [-0.3, -0.25) is 14.2 Å². The van der Waals surface area contributed by atoms with Crippen LogP contribution in [0.3, 0.4) is 0 Å². The molecule has 0 saturated carbocycles. The molecule has 0 fully saturated rings. The third kappa shape index (κ3) is 47.1. The van der Waals surface area contributed by atoms with Gasteiger partial charge in [-0.15, -0.1) is 0 Å². The molecule has 65 heavy (non-hydrogen) atoms. The van der Waals surface area contributed by atoms with Crippen molar-refractivity contribution >= 4 is 19.7 Å². The number of esters is 1. The predicted molar refractivity (Wildman–Crippen MR) is 275 cm³/mol. The molecule has 0 aromatic rings. The third-order valence-electron chi connectivity index (χ3n) is 12.1. The molecule has 0 heterocycles. The average molecular weight is 937 g/mol. The van der Waals surface area contributed by atoms with E-state index in [9.17, 15) is 19.0 Å². The number of quaternary nitrogens is 1. The van der Waals surface area contributed by atoms with Gasteiger partial charge in [-0.1, -0.05) is 225 Å². The van der Waals surface area contributed by atoms with Crippen LogP contribution < -0.4 is 10.2 Å². The first-order valence-electron chi connectivity index (χ1n) is 27.3. The Hall–Kier alpha value is -1.77. The van der Waals surface area contributed by atoms with Crippen LogP contribution in [-0.4, -0.2) is 69.4 Å². The van der Waals surface area contributed by atoms with Crippen molar-refractivity contribution in [3.05, 3.63) is 36.5 Å². The molecule has 3 atom stereocenters. The Labute approximate surface area is 402 Å². The zero-order valence-electron chi connectivity index (χ0n) is 43.4. The molecule has 9 nitrogen and oxygen atoms in total. The zero-order valence-corrected chi connectivity index (χ0v) is 44.3. The molecule has 0 saturated heterocycles. The minimum absolute atomic E-state index is 0.0277. The lowest BCUT2D eigenvalue weighted by molar-refractivity contribution is -0.870. The van der Waals surface area contributed by atoms with Crippen molar-refractivity contribution in [3.8, 4) is 0 Å². The SMILES string of the molecule is CCCCCCCC/C=C\C/C=C/CCC(=O)OC(/C=C/CCCCCCCCCCCCC)C(COP(=O)([O-])OCC[N+](C)(C)C)NC(=O)CCCCCCCCCCCCCCC. The van der Waals surface area contributed by atoms with Crippen molar-refractivity contribution in [3.63, 3.8) is 0 Å². The summed E-state index contributed by atoms with van der Waals surface area (Å²) >= 11 is 0. The van der Waals surface area contributed by atoms with E-state index < -0.39 is 32.5 Å². The first-order chi connectivity index (χ1) is 31.4. The van der Waals surface area contributed by atoms with Crippen LogP contribution in [0.25, 0.3) is 0 Å². The van der Waals surface area contributed by atoms with E-state index in [1.807, 2.05) is 39.4 Å². The summed E-state index contributed by atoms with van der Waals surface area (Å²) in [7, 11) is 1.17. The number of hydrogen-bond donors (Lipinski definition) is 1. The molecule has 0 aromatic carbocycles. The topological polar surface area (TPSA) is 114 Å². The first kappa shape index (κ1) is 63.2. The number of amides is 1. The van der Waals surface area contributed by atoms with Crippen LogP contribution in [0.15, 0.2) is 36.5 Å². The molecule has 1 amide bonds. The number of allylic oxidation sites excluding steroid dienone is 5. The summed E-state index contributed by atoms with van der Waals surface area (Å²) in [6.45, 7) is 6.80. The van der Waals surface area contributed by atoms with Gasteiger partial charge in [0.1, 0.15) is 19.3 Å². The van der Waals surface area contributed by atoms with Crippen molar-refractivity contribution in [1.82, 2.24) is 5.32 Å². The molecular weight excluding hydrogens is 832 g/mol. The van der Waals surface area contributed by atoms with Gasteiger partial charge in [-0.25, -0.2) is 0 Å². The minimum Gasteiger partial charge on any atom is -0.756 e. The molecule has 0 aliphatic rings. The normalized spacial score (nSPS) is 14.1. The van der Waals surface area contributed by atoms with E-state index in [2.05, 4.69) is 44.3 Å². The van der Waals surface area contributed by atoms with Gasteiger partial charge in [0.25, 0.3) is 7.82 Å². The van der Waals surface area contributed by atoms with Gasteiger partial charge < -0.3 is 28.5 Å². The molecule has 10 heteroatoms. The summed E-state index contributed by atoms with van der Waals surface area (Å²) < 4.78 is 30.1. The van der Waals surface area contributed by atoms with Crippen LogP contribution in [0, 0.1) is 0 Å². The van der Waals surface area contributed by atoms with Gasteiger partial charge in [0.2, 0.25) is 5.91 Å². The number of hydrogen-bond acceptors (Lipinski definition) is 7. The molecule has 0 aliphatic carbocycles. The Morgan fingerprint density at radius 1 is 0.538 bits per heavy atom. The third-order valence-corrected chi connectivity index (χ3v) is 13.1. The highest BCUT2D eigenvalue weighted by Crippen LogP contribution is 2.38. The summed E-state index contributed by atoms with van der Waals surface area (Å²) in [5, 5.41) is 3.00. The first-order valence-corrected chi connectivity index (χ1v) is 28.8. The van der Waals surface area contributed by atoms with E-state index in [1.165, 1.54) is 161 Å². The number of carbonyl (C=O) groups is 2. The summed E-state index contributed by atoms with van der Waals surface area (Å²) in [5.41, 5.74) is 0. The highest BCUT2D eigenvalue weighted by atomic mass is 31.2. The molecule has 0 aromatic heterocycles. The van der Waals surface area contributed by atoms with Crippen LogP contribution in [0.4, 0.5) is 0 Å². The fraction of sp³-hybridized carbons (Fsp3) is 0.855. The van der Waals surface area contributed by atoms with Crippen LogP contribution in [0.1, 0.15) is 252 Å². The molecule has 3 unspecified atom stereocenters. The maximum atomic E-state index is 13.4. The molecule has 0 spiro atoms. The molecular formula is C55H105N2O7P. The fourth-order valence-electron chi connectivity index (χ4n) is 7.81. The van der Waals surface area contributed by atoms with Gasteiger partial charge in [0, 0.05) is 12.8 Å². The quantitative estimate of drug-likeness (QED) is 0.0212. The number of phosphoric acid groups is 1. The van der Waals surface area contributed by atoms with Crippen molar-refractivity contribution in [2.45, 2.75) is 264 Å². The maximum Gasteiger partial charge on any atom is 0.306 e. The fourth-order valence-corrected chi connectivity index (χ4v) is 8.53. The number of unbranched alkanes of at least 4 members (excludes halogenated alkanes) is 29. The molecule has 0 rings (SSSR count). The monoisotopic (exact) mass is 937 g/mol. The van der Waals surface area contributed by atoms with E-state index in [0.29, 0.717) is 23.9 Å². The Kier molecular flexibility index (Phi) is 44.7. The summed E-state index contributed by atoms with van der Waals surface area (Å²) in [4.78, 5) is 39.7. The van der Waals surface area contributed by atoms with Gasteiger partial charge in [-0.05, 0) is 51.0 Å². The maximum absolute atomic E-state index is 13.4. The molecule has 0 bridgehead atoms. The lowest BCUT2D eigenvalue weighted by Crippen LogP contribution is -2.47. The highest BCUT2D eigenvalue weighted by molar-refractivity contribution is 7.45. The molecule has 0 aliphatic heterocycles. The average Bonchev–Trinajstić information content (AvgIpc) is 3.26. The lowest BCUT2D eigenvalue weighted by atomic mass is 10.0. The number of nitrogens with zero attached hydrogens (tertiary/aromatic N) is 1. The van der Waals surface area contributed by atoms with Crippen LogP contribution >= 0.6 is 7.82 Å². The van der Waals surface area contributed by atoms with Crippen molar-refractivity contribution in [2.24, 2.45) is 0 Å². The van der Waals surface area contributed by atoms with Crippen LogP contribution in [-0.2, 0) is 27.9 Å². The second-order valence-electron chi connectivity index (χ2n) is 19.7. The van der Waals surface area contributed by atoms with Crippen LogP contribution in [0.2, 0.25) is 0 Å². The second kappa shape index (κ2) is 46.0. The number of ether oxygens (including phenoxy) is 1. The predicted octanol–water partition coefficient (Wildman–Crippen LogP) is 15.4. The van der Waals surface area contributed by atoms with E-state index in [0.717, 1.165) is 51.4 Å². The Morgan fingerprint density at radius 3 is 1.42 bits per heavy atom. The van der Waals surface area contributed by atoms with Crippen LogP contribution in [0.5, 0.6) is 0 Å². The largest absolute Gasteiger partial charge is 0.756 e. The summed E-state index contributed by atoms with van der Waals surface area (Å²) in [6.07, 6.45) is 52.6. The Bertz CT molecular complexity index is 1220. The number of nitrogens with one attached hydrogen (secondary N) is 1. The van der Waals surface area contributed by atoms with Crippen molar-refractivity contribution in [2.75, 3.05) is 40.9 Å². The lowest BCUT2D eigenvalue weighted by Gasteiger charge is -2.30. The second-order valence-corrected chi connectivity index (χ2v) is 21.1. The Balaban J connectivity index is 5.48. The zero-order chi connectivity index (χ0) is 48.0. The summed E-state index contributed by atoms with van der Waals surface area (Å²) in [5.74, 6) is -0.612. The number of carbonyl (C=O) groups excluding carboxylic acids is 2. The Morgan fingerprint density at radius 2 is 0.954 bits per heavy atom. The van der Waals surface area contributed by atoms with Gasteiger partial charge in [0.05, 0.1) is 33.8 Å². The van der Waals surface area contributed by atoms with E-state index in [-0.39, 0.29) is 18.9 Å². The highest BCUT2D eigenvalue weighted by Gasteiger charge is 2.27. The van der Waals surface area contributed by atoms with Gasteiger partial charge >= 0.3 is 5.97 Å². The number of rotatable bonds is 49. The number of likely N-dealkylation sites (N-methyl/N-ethyl adjacent to an activating group) is 1. The minimum atomic E-state index is -4.70. The number of phosphoric ester groups is 1. The molecule has 0 radical (unpaired) electrons. The van der Waals surface area contributed by atoms with E-state index >= 15 is 0 Å². The molecule has 1 N–H and O–H groups in total. The van der Waals surface area contributed by atoms with E-state index in [4.69, 9.17) is 13.8 Å². The molecule has 382 valence electrons. The van der Waals surface area contributed by atoms with Gasteiger partial charge in [0.15, 0.2) is 0 Å². The van der Waals surface area contributed by atoms with Gasteiger partial charge in [-0.2, -0.15) is 0 Å². The smallest absolute Gasteiger partial charge is 0.306 e.